The van der Waals surface area contributed by atoms with Crippen molar-refractivity contribution in [3.05, 3.63) is 129 Å². The van der Waals surface area contributed by atoms with Crippen molar-refractivity contribution in [1.29, 1.82) is 0 Å². The molecule has 260 valence electrons. The number of hydrogen-bond donors (Lipinski definition) is 0. The maximum Gasteiger partial charge on any atom is 0.432 e. The second kappa shape index (κ2) is 14.3. The summed E-state index contributed by atoms with van der Waals surface area (Å²) in [5.74, 6) is -11.4. The van der Waals surface area contributed by atoms with Gasteiger partial charge in [0.2, 0.25) is 0 Å². The van der Waals surface area contributed by atoms with Gasteiger partial charge in [-0.25, -0.2) is 39.5 Å². The van der Waals surface area contributed by atoms with E-state index in [-0.39, 0.29) is 17.5 Å². The molecule has 5 aromatic carbocycles. The molecule has 0 aromatic heterocycles. The summed E-state index contributed by atoms with van der Waals surface area (Å²) in [4.78, 5) is 0. The van der Waals surface area contributed by atoms with Crippen molar-refractivity contribution in [1.82, 2.24) is 0 Å². The lowest BCUT2D eigenvalue weighted by Gasteiger charge is -2.21. The molecule has 0 atom stereocenters. The van der Waals surface area contributed by atoms with Crippen LogP contribution in [0.3, 0.4) is 0 Å². The first-order valence-electron chi connectivity index (χ1n) is 14.9. The van der Waals surface area contributed by atoms with Gasteiger partial charge in [0.05, 0.1) is 18.1 Å². The minimum absolute atomic E-state index is 0.148. The lowest BCUT2D eigenvalue weighted by molar-refractivity contribution is -0.189. The van der Waals surface area contributed by atoms with Crippen LogP contribution in [0.15, 0.2) is 54.6 Å². The first-order chi connectivity index (χ1) is 23.6. The second-order valence-corrected chi connectivity index (χ2v) is 11.1. The molecule has 13 heteroatoms. The Hall–Kier alpha value is -5.25. The van der Waals surface area contributed by atoms with Crippen LogP contribution in [0.1, 0.15) is 48.4 Å². The number of methoxy groups -OCH3 is 1. The minimum atomic E-state index is -4.86. The minimum Gasteiger partial charge on any atom is -0.495 e. The van der Waals surface area contributed by atoms with Gasteiger partial charge in [0.1, 0.15) is 57.5 Å². The molecule has 0 amide bonds. The zero-order valence-electron chi connectivity index (χ0n) is 26.0. The molecule has 50 heavy (non-hydrogen) atoms. The number of benzene rings is 5. The summed E-state index contributed by atoms with van der Waals surface area (Å²) < 4.78 is 171. The van der Waals surface area contributed by atoms with Gasteiger partial charge >= 0.3 is 6.11 Å². The Bertz CT molecular complexity index is 2140. The van der Waals surface area contributed by atoms with E-state index in [0.717, 1.165) is 32.1 Å². The summed E-state index contributed by atoms with van der Waals surface area (Å²) in [6.07, 6.45) is -1.97. The topological polar surface area (TPSA) is 18.5 Å². The summed E-state index contributed by atoms with van der Waals surface area (Å²) in [5.41, 5.74) is -4.48. The van der Waals surface area contributed by atoms with Gasteiger partial charge in [0, 0.05) is 17.7 Å². The molecule has 5 rings (SSSR count). The fourth-order valence-electron chi connectivity index (χ4n) is 5.31. The van der Waals surface area contributed by atoms with E-state index >= 15 is 26.3 Å². The summed E-state index contributed by atoms with van der Waals surface area (Å²) in [6.45, 7) is 1.96. The zero-order valence-corrected chi connectivity index (χ0v) is 26.0. The van der Waals surface area contributed by atoms with Gasteiger partial charge in [-0.2, -0.15) is 8.78 Å². The molecule has 0 saturated carbocycles. The van der Waals surface area contributed by atoms with Crippen LogP contribution in [0.4, 0.5) is 48.3 Å². The number of unbranched alkanes of at least 4 members (excludes halogenated alkanes) is 2. The molecule has 2 nitrogen and oxygen atoms in total. The third-order valence-electron chi connectivity index (χ3n) is 7.64. The molecular weight excluding hydrogens is 685 g/mol. The molecule has 0 radical (unpaired) electrons. The van der Waals surface area contributed by atoms with Gasteiger partial charge in [0.15, 0.2) is 17.5 Å². The van der Waals surface area contributed by atoms with Crippen LogP contribution in [0.5, 0.6) is 11.5 Å². The van der Waals surface area contributed by atoms with E-state index in [4.69, 9.17) is 4.74 Å². The lowest BCUT2D eigenvalue weighted by Crippen LogP contribution is -2.25. The van der Waals surface area contributed by atoms with E-state index in [1.54, 1.807) is 0 Å². The van der Waals surface area contributed by atoms with Crippen LogP contribution in [0, 0.1) is 64.2 Å². The number of ether oxygens (including phenoxy) is 2. The number of halogens is 11. The van der Waals surface area contributed by atoms with Gasteiger partial charge in [-0.15, -0.1) is 0 Å². The molecule has 0 unspecified atom stereocenters. The number of hydrogen-bond acceptors (Lipinski definition) is 2. The van der Waals surface area contributed by atoms with E-state index in [1.165, 1.54) is 6.07 Å². The fraction of sp³-hybridized carbons (Fsp3) is 0.189. The van der Waals surface area contributed by atoms with E-state index in [1.807, 2.05) is 6.92 Å². The number of alkyl halides is 2. The highest BCUT2D eigenvalue weighted by atomic mass is 19.3. The smallest absolute Gasteiger partial charge is 0.432 e. The highest BCUT2D eigenvalue weighted by Crippen LogP contribution is 2.41. The van der Waals surface area contributed by atoms with Gasteiger partial charge in [-0.1, -0.05) is 37.7 Å². The Labute approximate surface area is 278 Å². The van der Waals surface area contributed by atoms with Crippen molar-refractivity contribution in [2.75, 3.05) is 7.11 Å². The van der Waals surface area contributed by atoms with Crippen molar-refractivity contribution in [3.63, 3.8) is 0 Å². The SMILES string of the molecule is CCCCCc1cc(F)c2c(F)c(-c3cc(F)c(C(F)(F)Oc4cc(F)c(C#Cc5cc(F)c(F)c(F)c5)c(OC)c4)c(F)c3)c(F)cc2c1. The first kappa shape index (κ1) is 36.0. The number of aryl methyl sites for hydroxylation is 1. The second-order valence-electron chi connectivity index (χ2n) is 11.1. The third kappa shape index (κ3) is 7.20. The molecular formula is C37H23F11O2. The predicted octanol–water partition coefficient (Wildman–Crippen LogP) is 11.0. The average Bonchev–Trinajstić information content (AvgIpc) is 3.02. The normalized spacial score (nSPS) is 11.5. The van der Waals surface area contributed by atoms with Crippen LogP contribution < -0.4 is 9.47 Å². The summed E-state index contributed by atoms with van der Waals surface area (Å²) in [5, 5.41) is -0.814. The molecule has 0 bridgehead atoms. The Morgan fingerprint density at radius 3 is 1.92 bits per heavy atom. The molecule has 5 aromatic rings. The number of rotatable bonds is 9. The Balaban J connectivity index is 1.47. The third-order valence-corrected chi connectivity index (χ3v) is 7.64. The largest absolute Gasteiger partial charge is 0.495 e. The molecule has 0 saturated heterocycles. The van der Waals surface area contributed by atoms with Gasteiger partial charge in [0.25, 0.3) is 0 Å². The van der Waals surface area contributed by atoms with Crippen LogP contribution >= 0.6 is 0 Å². The standard InChI is InChI=1S/C37H23F11O2/c1-3-4-5-6-18-9-20-13-26(40)33(36(46)32(20)25(39)10-18)21-14-27(41)34(28(42)15-21)37(47,48)50-22-16-24(38)23(31(17-22)49-2)8-7-19-11-29(43)35(45)30(44)12-19/h9-17H,3-6H2,1-2H3. The molecule has 0 aliphatic carbocycles. The highest BCUT2D eigenvalue weighted by molar-refractivity contribution is 5.89. The van der Waals surface area contributed by atoms with Gasteiger partial charge in [-0.05, 0) is 65.8 Å². The highest BCUT2D eigenvalue weighted by Gasteiger charge is 2.42. The van der Waals surface area contributed by atoms with Gasteiger partial charge < -0.3 is 9.47 Å². The van der Waals surface area contributed by atoms with Gasteiger partial charge in [-0.3, -0.25) is 0 Å². The Morgan fingerprint density at radius 2 is 1.30 bits per heavy atom. The molecule has 0 fully saturated rings. The maximum atomic E-state index is 15.5. The average molecular weight is 709 g/mol. The van der Waals surface area contributed by atoms with E-state index in [2.05, 4.69) is 16.6 Å². The van der Waals surface area contributed by atoms with Crippen LogP contribution in [0.2, 0.25) is 0 Å². The summed E-state index contributed by atoms with van der Waals surface area (Å²) in [7, 11) is 0.973. The molecule has 0 spiro atoms. The fourth-order valence-corrected chi connectivity index (χ4v) is 5.31. The summed E-state index contributed by atoms with van der Waals surface area (Å²) >= 11 is 0. The zero-order chi connectivity index (χ0) is 36.5. The van der Waals surface area contributed by atoms with Crippen molar-refractivity contribution in [2.24, 2.45) is 0 Å². The Kier molecular flexibility index (Phi) is 10.3. The van der Waals surface area contributed by atoms with Crippen molar-refractivity contribution in [3.8, 4) is 34.5 Å². The molecule has 0 N–H and O–H groups in total. The first-order valence-corrected chi connectivity index (χ1v) is 14.9. The van der Waals surface area contributed by atoms with Crippen LogP contribution in [-0.2, 0) is 12.5 Å². The number of fused-ring (bicyclic) bond motifs is 1. The molecule has 0 aliphatic heterocycles. The maximum absolute atomic E-state index is 15.5. The van der Waals surface area contributed by atoms with Crippen molar-refractivity contribution in [2.45, 2.75) is 38.7 Å². The molecule has 0 aliphatic rings. The van der Waals surface area contributed by atoms with E-state index < -0.39 is 103 Å². The summed E-state index contributed by atoms with van der Waals surface area (Å²) in [6, 6.07) is 5.70. The van der Waals surface area contributed by atoms with Crippen molar-refractivity contribution < 1.29 is 57.8 Å². The van der Waals surface area contributed by atoms with Crippen LogP contribution in [0.25, 0.3) is 21.9 Å². The quantitative estimate of drug-likeness (QED) is 0.0657. The lowest BCUT2D eigenvalue weighted by atomic mass is 9.95. The molecule has 0 heterocycles. The van der Waals surface area contributed by atoms with Crippen LogP contribution in [-0.4, -0.2) is 7.11 Å². The van der Waals surface area contributed by atoms with E-state index in [9.17, 15) is 22.0 Å². The predicted molar refractivity (Wildman–Crippen MR) is 162 cm³/mol. The van der Waals surface area contributed by atoms with Crippen molar-refractivity contribution >= 4 is 10.8 Å². The monoisotopic (exact) mass is 708 g/mol. The van der Waals surface area contributed by atoms with E-state index in [0.29, 0.717) is 42.7 Å². The Morgan fingerprint density at radius 1 is 0.640 bits per heavy atom.